The second kappa shape index (κ2) is 7.52. The molecule has 9 heteroatoms. The van der Waals surface area contributed by atoms with Crippen molar-refractivity contribution in [1.29, 1.82) is 0 Å². The topological polar surface area (TPSA) is 132 Å². The number of anilines is 2. The van der Waals surface area contributed by atoms with Gasteiger partial charge in [-0.05, 0) is 36.2 Å². The molecule has 1 aromatic heterocycles. The molecule has 26 heavy (non-hydrogen) atoms. The Bertz CT molecular complexity index is 952. The molecule has 2 rings (SSSR count). The number of aliphatic imine (C=N–C) groups is 1. The van der Waals surface area contributed by atoms with Crippen molar-refractivity contribution in [2.24, 2.45) is 16.5 Å². The Kier molecular flexibility index (Phi) is 5.61. The van der Waals surface area contributed by atoms with Crippen LogP contribution in [0.3, 0.4) is 0 Å². The Hall–Kier alpha value is -2.94. The number of rotatable bonds is 5. The molecule has 1 aromatic carbocycles. The van der Waals surface area contributed by atoms with Crippen LogP contribution in [0.15, 0.2) is 46.4 Å². The molecule has 1 amide bonds. The minimum absolute atomic E-state index is 0.00278. The van der Waals surface area contributed by atoms with Gasteiger partial charge in [0.1, 0.15) is 5.82 Å². The first-order valence-corrected chi connectivity index (χ1v) is 9.70. The fourth-order valence-electron chi connectivity index (χ4n) is 2.52. The van der Waals surface area contributed by atoms with Gasteiger partial charge in [-0.1, -0.05) is 13.0 Å². The van der Waals surface area contributed by atoms with E-state index in [1.807, 2.05) is 6.92 Å². The lowest BCUT2D eigenvalue weighted by atomic mass is 10.0. The molecule has 4 N–H and O–H groups in total. The highest BCUT2D eigenvalue weighted by Gasteiger charge is 2.23. The molecular formula is C17H21N5O3S. The number of hydrogen-bond acceptors (Lipinski definition) is 5. The maximum absolute atomic E-state index is 12.3. The molecule has 2 aromatic rings. The number of nitrogens with zero attached hydrogens (tertiary/aromatic N) is 3. The Labute approximate surface area is 152 Å². The first-order chi connectivity index (χ1) is 12.1. The normalized spacial score (nSPS) is 11.0. The molecule has 138 valence electrons. The van der Waals surface area contributed by atoms with Crippen molar-refractivity contribution in [2.75, 3.05) is 18.2 Å². The van der Waals surface area contributed by atoms with Crippen LogP contribution in [-0.4, -0.2) is 38.6 Å². The highest BCUT2D eigenvalue weighted by molar-refractivity contribution is 7.90. The van der Waals surface area contributed by atoms with Gasteiger partial charge in [0, 0.05) is 25.1 Å². The molecule has 0 saturated heterocycles. The van der Waals surface area contributed by atoms with E-state index in [1.54, 1.807) is 42.4 Å². The Balaban J connectivity index is 2.73. The SMILES string of the molecule is CCc1cc(N(C)c2ccccn2)c(S(C)(=O)=O)cc1C(=O)N=C(N)N. The highest BCUT2D eigenvalue weighted by atomic mass is 32.2. The lowest BCUT2D eigenvalue weighted by Gasteiger charge is -2.22. The van der Waals surface area contributed by atoms with E-state index in [2.05, 4.69) is 9.98 Å². The summed E-state index contributed by atoms with van der Waals surface area (Å²) in [6, 6.07) is 8.30. The van der Waals surface area contributed by atoms with Crippen molar-refractivity contribution in [2.45, 2.75) is 18.2 Å². The second-order valence-electron chi connectivity index (χ2n) is 5.69. The number of carbonyl (C=O) groups is 1. The number of benzene rings is 1. The van der Waals surface area contributed by atoms with E-state index in [1.165, 1.54) is 6.07 Å². The standard InChI is InChI=1S/C17H21N5O3S/c1-4-11-9-13(22(2)15-7-5-6-8-20-15)14(26(3,24)25)10-12(11)16(23)21-17(18)19/h5-10H,4H2,1-3H3,(H4,18,19,21,23). The number of amides is 1. The van der Waals surface area contributed by atoms with Crippen molar-refractivity contribution in [3.8, 4) is 0 Å². The van der Waals surface area contributed by atoms with Crippen molar-refractivity contribution < 1.29 is 13.2 Å². The third kappa shape index (κ3) is 4.17. The smallest absolute Gasteiger partial charge is 0.280 e. The number of carbonyl (C=O) groups excluding carboxylic acids is 1. The van der Waals surface area contributed by atoms with Gasteiger partial charge < -0.3 is 16.4 Å². The minimum atomic E-state index is -3.63. The predicted octanol–water partition coefficient (Wildman–Crippen LogP) is 1.23. The van der Waals surface area contributed by atoms with Crippen molar-refractivity contribution in [3.63, 3.8) is 0 Å². The van der Waals surface area contributed by atoms with Crippen molar-refractivity contribution >= 4 is 33.2 Å². The lowest BCUT2D eigenvalue weighted by molar-refractivity contribution is 0.100. The van der Waals surface area contributed by atoms with Crippen LogP contribution in [0.4, 0.5) is 11.5 Å². The number of aromatic nitrogens is 1. The third-order valence-corrected chi connectivity index (χ3v) is 4.91. The summed E-state index contributed by atoms with van der Waals surface area (Å²) in [5.41, 5.74) is 11.7. The monoisotopic (exact) mass is 375 g/mol. The van der Waals surface area contributed by atoms with Crippen molar-refractivity contribution in [1.82, 2.24) is 4.98 Å². The van der Waals surface area contributed by atoms with Crippen LogP contribution in [0.25, 0.3) is 0 Å². The fraction of sp³-hybridized carbons (Fsp3) is 0.235. The predicted molar refractivity (Wildman–Crippen MR) is 101 cm³/mol. The number of nitrogens with two attached hydrogens (primary N) is 2. The second-order valence-corrected chi connectivity index (χ2v) is 7.68. The van der Waals surface area contributed by atoms with Crippen LogP contribution >= 0.6 is 0 Å². The van der Waals surface area contributed by atoms with Crippen LogP contribution < -0.4 is 16.4 Å². The van der Waals surface area contributed by atoms with Crippen molar-refractivity contribution in [3.05, 3.63) is 47.7 Å². The van der Waals surface area contributed by atoms with Gasteiger partial charge in [-0.3, -0.25) is 4.79 Å². The Morgan fingerprint density at radius 2 is 1.96 bits per heavy atom. The summed E-state index contributed by atoms with van der Waals surface area (Å²) in [6.45, 7) is 1.85. The zero-order valence-electron chi connectivity index (χ0n) is 14.8. The Morgan fingerprint density at radius 3 is 2.46 bits per heavy atom. The molecule has 0 fully saturated rings. The van der Waals surface area contributed by atoms with Gasteiger partial charge >= 0.3 is 0 Å². The van der Waals surface area contributed by atoms with Gasteiger partial charge in [-0.2, -0.15) is 4.99 Å². The number of pyridine rings is 1. The number of aryl methyl sites for hydroxylation is 1. The third-order valence-electron chi connectivity index (χ3n) is 3.78. The summed E-state index contributed by atoms with van der Waals surface area (Å²) in [4.78, 5) is 21.7. The first kappa shape index (κ1) is 19.4. The molecule has 1 heterocycles. The van der Waals surface area contributed by atoms with E-state index in [-0.39, 0.29) is 16.4 Å². The summed E-state index contributed by atoms with van der Waals surface area (Å²) in [6.07, 6.45) is 3.19. The fourth-order valence-corrected chi connectivity index (χ4v) is 3.42. The van der Waals surface area contributed by atoms with Gasteiger partial charge in [0.05, 0.1) is 10.6 Å². The zero-order valence-corrected chi connectivity index (χ0v) is 15.6. The van der Waals surface area contributed by atoms with E-state index in [4.69, 9.17) is 11.5 Å². The largest absolute Gasteiger partial charge is 0.370 e. The quantitative estimate of drug-likeness (QED) is 0.593. The zero-order chi connectivity index (χ0) is 19.5. The van der Waals surface area contributed by atoms with Crippen LogP contribution in [0, 0.1) is 0 Å². The molecule has 0 aliphatic rings. The summed E-state index contributed by atoms with van der Waals surface area (Å²) in [5.74, 6) is -0.491. The molecule has 0 aliphatic carbocycles. The molecule has 0 spiro atoms. The van der Waals surface area contributed by atoms with Gasteiger partial charge in [-0.15, -0.1) is 0 Å². The maximum atomic E-state index is 12.3. The van der Waals surface area contributed by atoms with Crippen LogP contribution in [0.5, 0.6) is 0 Å². The van der Waals surface area contributed by atoms with Crippen LogP contribution in [0.2, 0.25) is 0 Å². The summed E-state index contributed by atoms with van der Waals surface area (Å²) < 4.78 is 24.7. The summed E-state index contributed by atoms with van der Waals surface area (Å²) in [5, 5.41) is 0. The van der Waals surface area contributed by atoms with E-state index in [0.29, 0.717) is 23.5 Å². The average Bonchev–Trinajstić information content (AvgIpc) is 2.59. The minimum Gasteiger partial charge on any atom is -0.370 e. The molecule has 0 aliphatic heterocycles. The molecule has 0 unspecified atom stereocenters. The molecular weight excluding hydrogens is 354 g/mol. The molecule has 8 nitrogen and oxygen atoms in total. The molecule has 0 bridgehead atoms. The van der Waals surface area contributed by atoms with Crippen LogP contribution in [0.1, 0.15) is 22.8 Å². The first-order valence-electron chi connectivity index (χ1n) is 7.80. The molecule has 0 saturated carbocycles. The van der Waals surface area contributed by atoms with Gasteiger partial charge in [-0.25, -0.2) is 13.4 Å². The highest BCUT2D eigenvalue weighted by Crippen LogP contribution is 2.32. The van der Waals surface area contributed by atoms with Crippen LogP contribution in [-0.2, 0) is 16.3 Å². The number of sulfone groups is 1. The number of hydrogen-bond donors (Lipinski definition) is 2. The average molecular weight is 375 g/mol. The van der Waals surface area contributed by atoms with E-state index >= 15 is 0 Å². The molecule has 0 atom stereocenters. The summed E-state index contributed by atoms with van der Waals surface area (Å²) >= 11 is 0. The van der Waals surface area contributed by atoms with Gasteiger partial charge in [0.15, 0.2) is 15.8 Å². The van der Waals surface area contributed by atoms with E-state index < -0.39 is 15.7 Å². The maximum Gasteiger partial charge on any atom is 0.280 e. The lowest BCUT2D eigenvalue weighted by Crippen LogP contribution is -2.24. The molecule has 0 radical (unpaired) electrons. The summed E-state index contributed by atoms with van der Waals surface area (Å²) in [7, 11) is -1.92. The van der Waals surface area contributed by atoms with E-state index in [9.17, 15) is 13.2 Å². The van der Waals surface area contributed by atoms with Gasteiger partial charge in [0.2, 0.25) is 0 Å². The number of guanidine groups is 1. The van der Waals surface area contributed by atoms with E-state index in [0.717, 1.165) is 6.26 Å². The van der Waals surface area contributed by atoms with Gasteiger partial charge in [0.25, 0.3) is 5.91 Å². The Morgan fingerprint density at radius 1 is 1.27 bits per heavy atom.